The molecule has 0 N–H and O–H groups in total. The molecule has 8 heteroatoms. The maximum atomic E-state index is 12.2. The summed E-state index contributed by atoms with van der Waals surface area (Å²) in [5.74, 6) is -0.991. The van der Waals surface area contributed by atoms with Gasteiger partial charge >= 0.3 is 0 Å². The fourth-order valence-corrected chi connectivity index (χ4v) is 3.54. The van der Waals surface area contributed by atoms with E-state index in [1.807, 2.05) is 0 Å². The lowest BCUT2D eigenvalue weighted by Crippen LogP contribution is -2.15. The molecule has 0 spiro atoms. The molecular formula is C13H14Br2N2O3S. The van der Waals surface area contributed by atoms with Gasteiger partial charge in [0.1, 0.15) is 5.69 Å². The van der Waals surface area contributed by atoms with Crippen molar-refractivity contribution in [3.05, 3.63) is 23.5 Å². The van der Waals surface area contributed by atoms with Crippen molar-refractivity contribution in [1.82, 2.24) is 4.98 Å². The minimum absolute atomic E-state index is 0.00530. The topological polar surface area (TPSA) is 87.9 Å². The van der Waals surface area contributed by atoms with Crippen LogP contribution >= 0.6 is 31.9 Å². The third-order valence-corrected chi connectivity index (χ3v) is 5.64. The van der Waals surface area contributed by atoms with Crippen LogP contribution in [0.4, 0.5) is 0 Å². The number of carbonyl (C=O) groups excluding carboxylic acids is 1. The van der Waals surface area contributed by atoms with E-state index in [2.05, 4.69) is 42.9 Å². The molecule has 0 aliphatic rings. The molecule has 0 saturated heterocycles. The van der Waals surface area contributed by atoms with Crippen molar-refractivity contribution >= 4 is 47.5 Å². The lowest BCUT2D eigenvalue weighted by atomic mass is 9.99. The first-order valence-corrected chi connectivity index (χ1v) is 10.1. The molecule has 1 atom stereocenters. The summed E-state index contributed by atoms with van der Waals surface area (Å²) >= 11 is 6.28. The summed E-state index contributed by atoms with van der Waals surface area (Å²) in [4.78, 5) is 15.7. The number of rotatable bonds is 7. The lowest BCUT2D eigenvalue weighted by molar-refractivity contribution is 0.101. The monoisotopic (exact) mass is 436 g/mol. The number of Topliss-reactive ketones (excluding diaryl/α,β-unsaturated/α-hetero) is 1. The van der Waals surface area contributed by atoms with Crippen molar-refractivity contribution in [1.29, 1.82) is 5.26 Å². The normalized spacial score (nSPS) is 12.7. The zero-order valence-corrected chi connectivity index (χ0v) is 15.3. The van der Waals surface area contributed by atoms with Crippen molar-refractivity contribution in [2.75, 3.05) is 16.4 Å². The summed E-state index contributed by atoms with van der Waals surface area (Å²) in [5, 5.41) is 9.77. The van der Waals surface area contributed by atoms with E-state index in [1.54, 1.807) is 0 Å². The highest BCUT2D eigenvalue weighted by molar-refractivity contribution is 9.09. The minimum Gasteiger partial charge on any atom is -0.291 e. The predicted octanol–water partition coefficient (Wildman–Crippen LogP) is 2.84. The highest BCUT2D eigenvalue weighted by Crippen LogP contribution is 2.25. The van der Waals surface area contributed by atoms with Gasteiger partial charge in [-0.05, 0) is 18.1 Å². The van der Waals surface area contributed by atoms with Gasteiger partial charge in [-0.2, -0.15) is 5.26 Å². The highest BCUT2D eigenvalue weighted by Gasteiger charge is 2.24. The third kappa shape index (κ3) is 4.34. The molecule has 0 aliphatic heterocycles. The average molecular weight is 438 g/mol. The van der Waals surface area contributed by atoms with E-state index in [0.29, 0.717) is 17.3 Å². The Kier molecular flexibility index (Phi) is 6.97. The van der Waals surface area contributed by atoms with Crippen molar-refractivity contribution in [2.24, 2.45) is 0 Å². The van der Waals surface area contributed by atoms with Gasteiger partial charge in [-0.15, -0.1) is 0 Å². The van der Waals surface area contributed by atoms with Crippen molar-refractivity contribution in [2.45, 2.75) is 24.2 Å². The SMILES string of the molecule is CCS(=O)(=O)c1cc(C(C#N)CCBr)cnc1C(=O)CBr. The first-order valence-electron chi connectivity index (χ1n) is 6.18. The summed E-state index contributed by atoms with van der Waals surface area (Å²) in [6.07, 6.45) is 1.94. The Morgan fingerprint density at radius 1 is 1.48 bits per heavy atom. The van der Waals surface area contributed by atoms with E-state index in [-0.39, 0.29) is 21.7 Å². The summed E-state index contributed by atoms with van der Waals surface area (Å²) < 4.78 is 24.3. The maximum Gasteiger partial charge on any atom is 0.193 e. The maximum absolute atomic E-state index is 12.2. The number of aromatic nitrogens is 1. The van der Waals surface area contributed by atoms with Gasteiger partial charge in [0, 0.05) is 11.5 Å². The number of nitrogens with zero attached hydrogens (tertiary/aromatic N) is 2. The number of sulfone groups is 1. The summed E-state index contributed by atoms with van der Waals surface area (Å²) in [6.45, 7) is 1.50. The molecule has 5 nitrogen and oxygen atoms in total. The fraction of sp³-hybridized carbons (Fsp3) is 0.462. The number of carbonyl (C=O) groups is 1. The van der Waals surface area contributed by atoms with Gasteiger partial charge in [-0.3, -0.25) is 9.78 Å². The molecule has 0 aliphatic carbocycles. The zero-order valence-electron chi connectivity index (χ0n) is 11.3. The standard InChI is InChI=1S/C13H14Br2N2O3S/c1-2-21(19,20)12-5-10(9(7-16)3-4-14)8-17-13(12)11(18)6-15/h5,8-9H,2-4,6H2,1H3. The van der Waals surface area contributed by atoms with E-state index in [0.717, 1.165) is 0 Å². The Labute approximate surface area is 140 Å². The van der Waals surface area contributed by atoms with Gasteiger partial charge in [0.15, 0.2) is 15.6 Å². The van der Waals surface area contributed by atoms with Crippen LogP contribution < -0.4 is 0 Å². The van der Waals surface area contributed by atoms with Crippen molar-refractivity contribution < 1.29 is 13.2 Å². The summed E-state index contributed by atoms with van der Waals surface area (Å²) in [6, 6.07) is 3.52. The van der Waals surface area contributed by atoms with Gasteiger partial charge in [0.05, 0.1) is 28.0 Å². The van der Waals surface area contributed by atoms with Crippen LogP contribution in [0, 0.1) is 11.3 Å². The van der Waals surface area contributed by atoms with E-state index in [9.17, 15) is 13.2 Å². The second-order valence-corrected chi connectivity index (χ2v) is 7.84. The van der Waals surface area contributed by atoms with E-state index >= 15 is 0 Å². The molecular weight excluding hydrogens is 424 g/mol. The van der Waals surface area contributed by atoms with Crippen LogP contribution in [0.5, 0.6) is 0 Å². The number of ketones is 1. The van der Waals surface area contributed by atoms with Crippen molar-refractivity contribution in [3.8, 4) is 6.07 Å². The smallest absolute Gasteiger partial charge is 0.193 e. The molecule has 1 rings (SSSR count). The van der Waals surface area contributed by atoms with Crippen LogP contribution in [0.2, 0.25) is 0 Å². The van der Waals surface area contributed by atoms with E-state index in [1.165, 1.54) is 19.2 Å². The molecule has 1 heterocycles. The molecule has 1 aromatic rings. The van der Waals surface area contributed by atoms with Crippen molar-refractivity contribution in [3.63, 3.8) is 0 Å². The summed E-state index contributed by atoms with van der Waals surface area (Å²) in [7, 11) is -3.59. The fourth-order valence-electron chi connectivity index (χ4n) is 1.73. The molecule has 1 unspecified atom stereocenters. The largest absolute Gasteiger partial charge is 0.291 e. The number of hydrogen-bond acceptors (Lipinski definition) is 5. The Balaban J connectivity index is 3.48. The number of hydrogen-bond donors (Lipinski definition) is 0. The van der Waals surface area contributed by atoms with Gasteiger partial charge < -0.3 is 0 Å². The molecule has 114 valence electrons. The minimum atomic E-state index is -3.59. The number of nitriles is 1. The molecule has 21 heavy (non-hydrogen) atoms. The first-order chi connectivity index (χ1) is 9.91. The summed E-state index contributed by atoms with van der Waals surface area (Å²) in [5.41, 5.74) is 0.433. The Bertz CT molecular complexity index is 668. The molecule has 0 fully saturated rings. The zero-order chi connectivity index (χ0) is 16.0. The third-order valence-electron chi connectivity index (χ3n) is 2.93. The van der Waals surface area contributed by atoms with Crippen LogP contribution in [0.3, 0.4) is 0 Å². The Morgan fingerprint density at radius 2 is 2.14 bits per heavy atom. The van der Waals surface area contributed by atoms with E-state index < -0.39 is 21.5 Å². The first kappa shape index (κ1) is 18.3. The van der Waals surface area contributed by atoms with Gasteiger partial charge in [-0.1, -0.05) is 38.8 Å². The van der Waals surface area contributed by atoms with Crippen LogP contribution in [0.25, 0.3) is 0 Å². The van der Waals surface area contributed by atoms with Crippen LogP contribution in [0.1, 0.15) is 35.3 Å². The number of pyridine rings is 1. The van der Waals surface area contributed by atoms with Crippen LogP contribution in [0.15, 0.2) is 17.2 Å². The Hall–Kier alpha value is -0.780. The molecule has 0 aromatic carbocycles. The molecule has 1 aromatic heterocycles. The van der Waals surface area contributed by atoms with Crippen LogP contribution in [-0.4, -0.2) is 35.6 Å². The van der Waals surface area contributed by atoms with Gasteiger partial charge in [0.25, 0.3) is 0 Å². The highest BCUT2D eigenvalue weighted by atomic mass is 79.9. The average Bonchev–Trinajstić information content (AvgIpc) is 2.51. The second-order valence-electron chi connectivity index (χ2n) is 4.23. The predicted molar refractivity (Wildman–Crippen MR) is 86.9 cm³/mol. The van der Waals surface area contributed by atoms with Crippen LogP contribution in [-0.2, 0) is 9.84 Å². The van der Waals surface area contributed by atoms with Gasteiger partial charge in [-0.25, -0.2) is 8.42 Å². The molecule has 0 bridgehead atoms. The molecule has 0 saturated carbocycles. The Morgan fingerprint density at radius 3 is 2.62 bits per heavy atom. The lowest BCUT2D eigenvalue weighted by Gasteiger charge is -2.12. The second kappa shape index (κ2) is 8.01. The number of alkyl halides is 2. The molecule has 0 amide bonds. The number of halogens is 2. The van der Waals surface area contributed by atoms with Gasteiger partial charge in [0.2, 0.25) is 0 Å². The quantitative estimate of drug-likeness (QED) is 0.483. The molecule has 0 radical (unpaired) electrons. The van der Waals surface area contributed by atoms with E-state index in [4.69, 9.17) is 5.26 Å².